The minimum atomic E-state index is 0.357. The molecule has 0 aromatic carbocycles. The van der Waals surface area contributed by atoms with Gasteiger partial charge in [0.1, 0.15) is 0 Å². The Hall–Kier alpha value is 0.270. The summed E-state index contributed by atoms with van der Waals surface area (Å²) >= 11 is 2.16. The van der Waals surface area contributed by atoms with Gasteiger partial charge in [-0.15, -0.1) is 0 Å². The number of hydrogen-bond donors (Lipinski definition) is 1. The predicted molar refractivity (Wildman–Crippen MR) is 84.5 cm³/mol. The first kappa shape index (κ1) is 16.3. The van der Waals surface area contributed by atoms with Gasteiger partial charge >= 0.3 is 0 Å². The molecule has 0 saturated carbocycles. The van der Waals surface area contributed by atoms with E-state index in [1.807, 2.05) is 0 Å². The van der Waals surface area contributed by atoms with E-state index in [0.717, 1.165) is 11.8 Å². The number of hydrogen-bond acceptors (Lipinski definition) is 3. The van der Waals surface area contributed by atoms with E-state index in [1.165, 1.54) is 38.2 Å². The van der Waals surface area contributed by atoms with Gasteiger partial charge in [0.15, 0.2) is 0 Å². The van der Waals surface area contributed by atoms with Crippen LogP contribution in [0.3, 0.4) is 0 Å². The molecule has 2 unspecified atom stereocenters. The van der Waals surface area contributed by atoms with Crippen LogP contribution in [0, 0.1) is 5.41 Å². The van der Waals surface area contributed by atoms with E-state index in [4.69, 9.17) is 0 Å². The Balaban J connectivity index is 2.43. The van der Waals surface area contributed by atoms with Crippen LogP contribution in [0.5, 0.6) is 0 Å². The smallest absolute Gasteiger partial charge is 0.0172 e. The van der Waals surface area contributed by atoms with Crippen molar-refractivity contribution in [3.05, 3.63) is 0 Å². The maximum atomic E-state index is 3.66. The Labute approximate surface area is 118 Å². The molecule has 1 N–H and O–H groups in total. The molecular weight excluding hydrogens is 240 g/mol. The molecular formula is C15H32N2S. The van der Waals surface area contributed by atoms with Crippen LogP contribution in [0.4, 0.5) is 0 Å². The maximum Gasteiger partial charge on any atom is 0.0172 e. The van der Waals surface area contributed by atoms with Gasteiger partial charge < -0.3 is 10.2 Å². The topological polar surface area (TPSA) is 15.3 Å². The van der Waals surface area contributed by atoms with Crippen molar-refractivity contribution in [3.8, 4) is 0 Å². The summed E-state index contributed by atoms with van der Waals surface area (Å²) in [6, 6.07) is 0.590. The molecule has 0 aliphatic carbocycles. The zero-order valence-electron chi connectivity index (χ0n) is 13.0. The van der Waals surface area contributed by atoms with E-state index >= 15 is 0 Å². The highest BCUT2D eigenvalue weighted by Gasteiger charge is 2.30. The fourth-order valence-electron chi connectivity index (χ4n) is 2.52. The lowest BCUT2D eigenvalue weighted by molar-refractivity contribution is 0.145. The summed E-state index contributed by atoms with van der Waals surface area (Å²) in [5.74, 6) is 1.31. The van der Waals surface area contributed by atoms with Gasteiger partial charge in [-0.3, -0.25) is 0 Å². The fourth-order valence-corrected chi connectivity index (χ4v) is 3.77. The van der Waals surface area contributed by atoms with Crippen LogP contribution in [0.25, 0.3) is 0 Å². The van der Waals surface area contributed by atoms with Crippen molar-refractivity contribution in [1.29, 1.82) is 0 Å². The van der Waals surface area contributed by atoms with E-state index < -0.39 is 0 Å². The summed E-state index contributed by atoms with van der Waals surface area (Å²) in [6.07, 6.45) is 2.53. The molecule has 0 bridgehead atoms. The summed E-state index contributed by atoms with van der Waals surface area (Å²) in [7, 11) is 0. The molecule has 2 nitrogen and oxygen atoms in total. The third-order valence-corrected chi connectivity index (χ3v) is 5.55. The van der Waals surface area contributed by atoms with Crippen molar-refractivity contribution in [2.75, 3.05) is 31.9 Å². The first-order valence-electron chi connectivity index (χ1n) is 7.57. The van der Waals surface area contributed by atoms with Gasteiger partial charge in [0, 0.05) is 36.7 Å². The van der Waals surface area contributed by atoms with Crippen molar-refractivity contribution in [3.63, 3.8) is 0 Å². The largest absolute Gasteiger partial charge is 0.314 e. The standard InChI is InChI=1S/C15H32N2S/c1-6-8-16-13(3)15(4,5)12-17-9-10-18-14(7-2)11-17/h13-14,16H,6-12H2,1-5H3. The molecule has 0 radical (unpaired) electrons. The van der Waals surface area contributed by atoms with Gasteiger partial charge in [0.2, 0.25) is 0 Å². The average molecular weight is 273 g/mol. The highest BCUT2D eigenvalue weighted by atomic mass is 32.2. The Morgan fingerprint density at radius 3 is 2.72 bits per heavy atom. The van der Waals surface area contributed by atoms with E-state index in [9.17, 15) is 0 Å². The van der Waals surface area contributed by atoms with Crippen LogP contribution in [0.15, 0.2) is 0 Å². The van der Waals surface area contributed by atoms with Gasteiger partial charge in [-0.25, -0.2) is 0 Å². The molecule has 3 heteroatoms. The first-order valence-corrected chi connectivity index (χ1v) is 8.61. The van der Waals surface area contributed by atoms with Crippen LogP contribution in [0.2, 0.25) is 0 Å². The number of thioether (sulfide) groups is 1. The second-order valence-electron chi connectivity index (χ2n) is 6.30. The summed E-state index contributed by atoms with van der Waals surface area (Å²) in [6.45, 7) is 16.6. The minimum Gasteiger partial charge on any atom is -0.314 e. The Kier molecular flexibility index (Phi) is 7.04. The van der Waals surface area contributed by atoms with Crippen molar-refractivity contribution in [1.82, 2.24) is 10.2 Å². The highest BCUT2D eigenvalue weighted by molar-refractivity contribution is 8.00. The van der Waals surface area contributed by atoms with Crippen LogP contribution in [-0.4, -0.2) is 48.1 Å². The Bertz CT molecular complexity index is 231. The second kappa shape index (κ2) is 7.76. The molecule has 0 aromatic heterocycles. The van der Waals surface area contributed by atoms with Crippen LogP contribution in [0.1, 0.15) is 47.5 Å². The first-order chi connectivity index (χ1) is 8.49. The molecule has 1 fully saturated rings. The quantitative estimate of drug-likeness (QED) is 0.766. The van der Waals surface area contributed by atoms with Gasteiger partial charge in [-0.2, -0.15) is 11.8 Å². The third-order valence-electron chi connectivity index (χ3n) is 4.18. The fraction of sp³-hybridized carbons (Fsp3) is 1.00. The SMILES string of the molecule is CCCNC(C)C(C)(C)CN1CCSC(CC)C1. The molecule has 0 spiro atoms. The number of nitrogens with one attached hydrogen (secondary N) is 1. The number of rotatable bonds is 7. The Morgan fingerprint density at radius 2 is 2.11 bits per heavy atom. The van der Waals surface area contributed by atoms with Crippen LogP contribution in [-0.2, 0) is 0 Å². The van der Waals surface area contributed by atoms with Gasteiger partial charge in [0.05, 0.1) is 0 Å². The lowest BCUT2D eigenvalue weighted by Gasteiger charge is -2.40. The van der Waals surface area contributed by atoms with Crippen LogP contribution >= 0.6 is 11.8 Å². The molecule has 18 heavy (non-hydrogen) atoms. The molecule has 108 valence electrons. The molecule has 1 saturated heterocycles. The molecule has 0 aromatic rings. The highest BCUT2D eigenvalue weighted by Crippen LogP contribution is 2.27. The van der Waals surface area contributed by atoms with E-state index in [0.29, 0.717) is 11.5 Å². The van der Waals surface area contributed by atoms with E-state index in [1.54, 1.807) is 0 Å². The molecule has 2 atom stereocenters. The summed E-state index contributed by atoms with van der Waals surface area (Å²) in [5.41, 5.74) is 0.357. The predicted octanol–water partition coefficient (Wildman–Crippen LogP) is 3.23. The summed E-state index contributed by atoms with van der Waals surface area (Å²) in [5, 5.41) is 4.51. The maximum absolute atomic E-state index is 3.66. The molecule has 1 aliphatic rings. The van der Waals surface area contributed by atoms with Gasteiger partial charge in [-0.05, 0) is 31.7 Å². The van der Waals surface area contributed by atoms with Gasteiger partial charge in [-0.1, -0.05) is 27.7 Å². The average Bonchev–Trinajstić information content (AvgIpc) is 2.35. The zero-order valence-corrected chi connectivity index (χ0v) is 13.8. The number of nitrogens with zero attached hydrogens (tertiary/aromatic N) is 1. The van der Waals surface area contributed by atoms with Gasteiger partial charge in [0.25, 0.3) is 0 Å². The van der Waals surface area contributed by atoms with Crippen molar-refractivity contribution >= 4 is 11.8 Å². The van der Waals surface area contributed by atoms with Crippen molar-refractivity contribution in [2.45, 2.75) is 58.8 Å². The zero-order chi connectivity index (χ0) is 13.6. The minimum absolute atomic E-state index is 0.357. The Morgan fingerprint density at radius 1 is 1.39 bits per heavy atom. The van der Waals surface area contributed by atoms with E-state index in [2.05, 4.69) is 56.6 Å². The third kappa shape index (κ3) is 5.10. The molecule has 1 rings (SSSR count). The normalized spacial score (nSPS) is 24.2. The lowest BCUT2D eigenvalue weighted by atomic mass is 9.84. The van der Waals surface area contributed by atoms with Crippen molar-refractivity contribution in [2.24, 2.45) is 5.41 Å². The lowest BCUT2D eigenvalue weighted by Crippen LogP contribution is -2.49. The summed E-state index contributed by atoms with van der Waals surface area (Å²) in [4.78, 5) is 2.68. The second-order valence-corrected chi connectivity index (χ2v) is 7.71. The molecule has 1 heterocycles. The summed E-state index contributed by atoms with van der Waals surface area (Å²) < 4.78 is 0. The molecule has 1 aliphatic heterocycles. The van der Waals surface area contributed by atoms with Crippen LogP contribution < -0.4 is 5.32 Å². The van der Waals surface area contributed by atoms with E-state index in [-0.39, 0.29) is 0 Å². The monoisotopic (exact) mass is 272 g/mol. The van der Waals surface area contributed by atoms with Crippen molar-refractivity contribution < 1.29 is 0 Å². The molecule has 0 amide bonds.